The van der Waals surface area contributed by atoms with E-state index in [2.05, 4.69) is 41.6 Å². The van der Waals surface area contributed by atoms with Crippen molar-refractivity contribution >= 4 is 33.2 Å². The van der Waals surface area contributed by atoms with Gasteiger partial charge in [0, 0.05) is 18.1 Å². The van der Waals surface area contributed by atoms with E-state index in [4.69, 9.17) is 4.98 Å². The molecule has 0 radical (unpaired) electrons. The van der Waals surface area contributed by atoms with E-state index in [1.54, 1.807) is 29.1 Å². The molecule has 4 aromatic rings. The van der Waals surface area contributed by atoms with Crippen molar-refractivity contribution in [2.24, 2.45) is 7.05 Å². The molecule has 0 saturated carbocycles. The van der Waals surface area contributed by atoms with E-state index in [0.29, 0.717) is 12.5 Å². The first-order chi connectivity index (χ1) is 14.1. The Bertz CT molecular complexity index is 1270. The number of benzene rings is 1. The SMILES string of the molecule is Cc1cccc(Cn2cc(Nc3nc4sc5c(c4c(=O)n3C)CCCC5)cn2)c1. The Morgan fingerprint density at radius 1 is 1.24 bits per heavy atom. The lowest BCUT2D eigenvalue weighted by atomic mass is 9.97. The van der Waals surface area contributed by atoms with Gasteiger partial charge >= 0.3 is 0 Å². The highest BCUT2D eigenvalue weighted by Gasteiger charge is 2.21. The average Bonchev–Trinajstić information content (AvgIpc) is 3.29. The molecule has 1 N–H and O–H groups in total. The minimum Gasteiger partial charge on any atom is -0.323 e. The van der Waals surface area contributed by atoms with Gasteiger partial charge in [0.15, 0.2) is 0 Å². The number of fused-ring (bicyclic) bond motifs is 3. The summed E-state index contributed by atoms with van der Waals surface area (Å²) >= 11 is 1.67. The van der Waals surface area contributed by atoms with Crippen LogP contribution in [0.2, 0.25) is 0 Å². The van der Waals surface area contributed by atoms with E-state index in [0.717, 1.165) is 35.2 Å². The molecular weight excluding hydrogens is 382 g/mol. The maximum absolute atomic E-state index is 13.0. The Morgan fingerprint density at radius 2 is 2.10 bits per heavy atom. The molecule has 0 spiro atoms. The van der Waals surface area contributed by atoms with Gasteiger partial charge < -0.3 is 5.32 Å². The van der Waals surface area contributed by atoms with Crippen molar-refractivity contribution in [3.63, 3.8) is 0 Å². The Labute approximate surface area is 172 Å². The molecule has 3 aromatic heterocycles. The standard InChI is InChI=1S/C22H23N5OS/c1-14-6-5-7-15(10-14)12-27-13-16(11-23-27)24-22-25-20-19(21(28)26(22)2)17-8-3-4-9-18(17)29-20/h5-7,10-11,13H,3-4,8-9,12H2,1-2H3,(H,24,25). The van der Waals surface area contributed by atoms with Gasteiger partial charge in [0.1, 0.15) is 4.83 Å². The number of thiophene rings is 1. The molecule has 1 aliphatic carbocycles. The number of aromatic nitrogens is 4. The van der Waals surface area contributed by atoms with E-state index in [-0.39, 0.29) is 5.56 Å². The molecule has 0 bridgehead atoms. The van der Waals surface area contributed by atoms with Gasteiger partial charge in [-0.05, 0) is 43.7 Å². The van der Waals surface area contributed by atoms with Crippen LogP contribution >= 0.6 is 11.3 Å². The summed E-state index contributed by atoms with van der Waals surface area (Å²) in [5.41, 5.74) is 4.52. The zero-order valence-corrected chi connectivity index (χ0v) is 17.4. The normalized spacial score (nSPS) is 13.6. The number of rotatable bonds is 4. The fourth-order valence-corrected chi connectivity index (χ4v) is 5.29. The van der Waals surface area contributed by atoms with Crippen LogP contribution in [0.5, 0.6) is 0 Å². The zero-order chi connectivity index (χ0) is 20.0. The Kier molecular flexibility index (Phi) is 4.47. The lowest BCUT2D eigenvalue weighted by Crippen LogP contribution is -2.21. The van der Waals surface area contributed by atoms with E-state index < -0.39 is 0 Å². The summed E-state index contributed by atoms with van der Waals surface area (Å²) in [6.07, 6.45) is 8.12. The summed E-state index contributed by atoms with van der Waals surface area (Å²) in [5, 5.41) is 8.54. The lowest BCUT2D eigenvalue weighted by molar-refractivity contribution is 0.686. The van der Waals surface area contributed by atoms with Crippen LogP contribution in [0.25, 0.3) is 10.2 Å². The molecule has 0 aliphatic heterocycles. The van der Waals surface area contributed by atoms with Crippen LogP contribution in [0.1, 0.15) is 34.4 Å². The van der Waals surface area contributed by atoms with Crippen LogP contribution in [0, 0.1) is 6.92 Å². The first-order valence-electron chi connectivity index (χ1n) is 9.95. The first-order valence-corrected chi connectivity index (χ1v) is 10.8. The van der Waals surface area contributed by atoms with Crippen LogP contribution in [0.3, 0.4) is 0 Å². The van der Waals surface area contributed by atoms with Crippen LogP contribution in [-0.4, -0.2) is 19.3 Å². The molecule has 29 heavy (non-hydrogen) atoms. The zero-order valence-electron chi connectivity index (χ0n) is 16.6. The van der Waals surface area contributed by atoms with Crippen LogP contribution in [-0.2, 0) is 26.4 Å². The van der Waals surface area contributed by atoms with Crippen molar-refractivity contribution in [1.82, 2.24) is 19.3 Å². The topological polar surface area (TPSA) is 64.7 Å². The predicted octanol–water partition coefficient (Wildman–Crippen LogP) is 4.17. The van der Waals surface area contributed by atoms with E-state index in [9.17, 15) is 4.79 Å². The van der Waals surface area contributed by atoms with E-state index >= 15 is 0 Å². The number of hydrogen-bond donors (Lipinski definition) is 1. The van der Waals surface area contributed by atoms with Gasteiger partial charge in [-0.15, -0.1) is 11.3 Å². The second kappa shape index (κ2) is 7.15. The molecule has 3 heterocycles. The molecule has 0 unspecified atom stereocenters. The number of hydrogen-bond acceptors (Lipinski definition) is 5. The molecule has 0 fully saturated rings. The number of nitrogens with zero attached hydrogens (tertiary/aromatic N) is 4. The van der Waals surface area contributed by atoms with Crippen LogP contribution in [0.4, 0.5) is 11.6 Å². The quantitative estimate of drug-likeness (QED) is 0.553. The lowest BCUT2D eigenvalue weighted by Gasteiger charge is -2.11. The molecular formula is C22H23N5OS. The third-order valence-electron chi connectivity index (χ3n) is 5.51. The summed E-state index contributed by atoms with van der Waals surface area (Å²) < 4.78 is 3.50. The highest BCUT2D eigenvalue weighted by molar-refractivity contribution is 7.18. The van der Waals surface area contributed by atoms with Crippen molar-refractivity contribution in [2.45, 2.75) is 39.2 Å². The van der Waals surface area contributed by atoms with Gasteiger partial charge in [-0.3, -0.25) is 14.0 Å². The fourth-order valence-electron chi connectivity index (χ4n) is 4.04. The Hall–Kier alpha value is -2.93. The van der Waals surface area contributed by atoms with Gasteiger partial charge in [0.25, 0.3) is 5.56 Å². The molecule has 6 nitrogen and oxygen atoms in total. The highest BCUT2D eigenvalue weighted by atomic mass is 32.1. The van der Waals surface area contributed by atoms with Crippen molar-refractivity contribution in [2.75, 3.05) is 5.32 Å². The smallest absolute Gasteiger partial charge is 0.263 e. The highest BCUT2D eigenvalue weighted by Crippen LogP contribution is 2.34. The van der Waals surface area contributed by atoms with Crippen molar-refractivity contribution < 1.29 is 0 Å². The maximum atomic E-state index is 13.0. The van der Waals surface area contributed by atoms with E-state index in [1.807, 2.05) is 10.9 Å². The second-order valence-electron chi connectivity index (χ2n) is 7.73. The summed E-state index contributed by atoms with van der Waals surface area (Å²) in [6.45, 7) is 2.79. The minimum atomic E-state index is 0.0315. The monoisotopic (exact) mass is 405 g/mol. The molecule has 0 amide bonds. The molecule has 7 heteroatoms. The third kappa shape index (κ3) is 3.35. The number of nitrogens with one attached hydrogen (secondary N) is 1. The van der Waals surface area contributed by atoms with Gasteiger partial charge in [-0.1, -0.05) is 29.8 Å². The van der Waals surface area contributed by atoms with Crippen molar-refractivity contribution in [3.8, 4) is 0 Å². The summed E-state index contributed by atoms with van der Waals surface area (Å²) in [5.74, 6) is 0.552. The van der Waals surface area contributed by atoms with Crippen LogP contribution < -0.4 is 10.9 Å². The number of aryl methyl sites for hydroxylation is 3. The summed E-state index contributed by atoms with van der Waals surface area (Å²) in [6, 6.07) is 8.40. The molecule has 0 saturated heterocycles. The van der Waals surface area contributed by atoms with E-state index in [1.165, 1.54) is 28.0 Å². The van der Waals surface area contributed by atoms with Gasteiger partial charge in [-0.25, -0.2) is 4.98 Å². The van der Waals surface area contributed by atoms with Gasteiger partial charge in [0.05, 0.1) is 23.8 Å². The molecule has 0 atom stereocenters. The van der Waals surface area contributed by atoms with Crippen LogP contribution in [0.15, 0.2) is 41.5 Å². The maximum Gasteiger partial charge on any atom is 0.263 e. The minimum absolute atomic E-state index is 0.0315. The molecule has 1 aromatic carbocycles. The van der Waals surface area contributed by atoms with Crippen molar-refractivity contribution in [1.29, 1.82) is 0 Å². The predicted molar refractivity (Wildman–Crippen MR) is 117 cm³/mol. The number of anilines is 2. The molecule has 5 rings (SSSR count). The fraction of sp³-hybridized carbons (Fsp3) is 0.318. The molecule has 1 aliphatic rings. The molecule has 148 valence electrons. The first kappa shape index (κ1) is 18.1. The largest absolute Gasteiger partial charge is 0.323 e. The third-order valence-corrected chi connectivity index (χ3v) is 6.70. The van der Waals surface area contributed by atoms with Crippen molar-refractivity contribution in [3.05, 3.63) is 68.6 Å². The summed E-state index contributed by atoms with van der Waals surface area (Å²) in [7, 11) is 1.78. The second-order valence-corrected chi connectivity index (χ2v) is 8.81. The Morgan fingerprint density at radius 3 is 2.97 bits per heavy atom. The van der Waals surface area contributed by atoms with Gasteiger partial charge in [-0.2, -0.15) is 5.10 Å². The average molecular weight is 406 g/mol. The summed E-state index contributed by atoms with van der Waals surface area (Å²) in [4.78, 5) is 20.0. The Balaban J connectivity index is 1.44. The van der Waals surface area contributed by atoms with Gasteiger partial charge in [0.2, 0.25) is 5.95 Å².